The van der Waals surface area contributed by atoms with Gasteiger partial charge in [-0.1, -0.05) is 26.3 Å². The molecule has 0 saturated carbocycles. The first-order valence-electron chi connectivity index (χ1n) is 6.16. The Morgan fingerprint density at radius 2 is 1.94 bits per heavy atom. The number of halogens is 2. The Morgan fingerprint density at radius 3 is 2.47 bits per heavy atom. The molecular formula is C14H21BrFN. The quantitative estimate of drug-likeness (QED) is 0.833. The Hall–Kier alpha value is -0.410. The lowest BCUT2D eigenvalue weighted by Gasteiger charge is -2.25. The fourth-order valence-corrected chi connectivity index (χ4v) is 2.19. The van der Waals surface area contributed by atoms with Gasteiger partial charge in [0.15, 0.2) is 0 Å². The molecule has 0 spiro atoms. The molecule has 0 aliphatic rings. The molecule has 0 bridgehead atoms. The number of benzene rings is 1. The third kappa shape index (κ3) is 4.07. The van der Waals surface area contributed by atoms with E-state index in [0.717, 1.165) is 12.0 Å². The molecule has 1 nitrogen and oxygen atoms in total. The van der Waals surface area contributed by atoms with Crippen LogP contribution in [0.4, 0.5) is 4.39 Å². The number of hydrogen-bond acceptors (Lipinski definition) is 1. The third-order valence-corrected chi connectivity index (χ3v) is 4.06. The van der Waals surface area contributed by atoms with Crippen LogP contribution >= 0.6 is 15.9 Å². The first-order chi connectivity index (χ1) is 7.95. The summed E-state index contributed by atoms with van der Waals surface area (Å²) in [6.45, 7) is 8.74. The van der Waals surface area contributed by atoms with Gasteiger partial charge in [-0.25, -0.2) is 4.39 Å². The van der Waals surface area contributed by atoms with Crippen molar-refractivity contribution in [2.24, 2.45) is 5.92 Å². The van der Waals surface area contributed by atoms with Crippen molar-refractivity contribution in [1.29, 1.82) is 0 Å². The molecule has 1 N–H and O–H groups in total. The van der Waals surface area contributed by atoms with Crippen LogP contribution in [-0.2, 0) is 0 Å². The van der Waals surface area contributed by atoms with E-state index < -0.39 is 0 Å². The fraction of sp³-hybridized carbons (Fsp3) is 0.571. The summed E-state index contributed by atoms with van der Waals surface area (Å²) in [6.07, 6.45) is 1.16. The van der Waals surface area contributed by atoms with E-state index in [2.05, 4.69) is 48.9 Å². The van der Waals surface area contributed by atoms with Gasteiger partial charge in [-0.05, 0) is 53.4 Å². The van der Waals surface area contributed by atoms with Gasteiger partial charge < -0.3 is 5.32 Å². The Kier molecular flexibility index (Phi) is 5.60. The smallest absolute Gasteiger partial charge is 0.137 e. The van der Waals surface area contributed by atoms with Gasteiger partial charge in [0.25, 0.3) is 0 Å². The summed E-state index contributed by atoms with van der Waals surface area (Å²) in [5.41, 5.74) is 1.11. The van der Waals surface area contributed by atoms with E-state index in [9.17, 15) is 4.39 Å². The van der Waals surface area contributed by atoms with Crippen molar-refractivity contribution in [3.8, 4) is 0 Å². The second kappa shape index (κ2) is 6.50. The van der Waals surface area contributed by atoms with E-state index in [1.54, 1.807) is 0 Å². The molecule has 0 aliphatic heterocycles. The minimum absolute atomic E-state index is 0.212. The highest BCUT2D eigenvalue weighted by atomic mass is 79.9. The lowest BCUT2D eigenvalue weighted by atomic mass is 9.99. The number of hydrogen-bond donors (Lipinski definition) is 1. The molecule has 0 heterocycles. The molecule has 1 aromatic carbocycles. The molecule has 3 unspecified atom stereocenters. The SMILES string of the molecule is CCC(C)C(C)NC(C)c1ccc(F)c(Br)c1. The van der Waals surface area contributed by atoms with Crippen LogP contribution in [0, 0.1) is 11.7 Å². The van der Waals surface area contributed by atoms with Gasteiger partial charge in [0.2, 0.25) is 0 Å². The molecule has 1 aromatic rings. The van der Waals surface area contributed by atoms with Crippen molar-refractivity contribution in [1.82, 2.24) is 5.32 Å². The van der Waals surface area contributed by atoms with E-state index in [4.69, 9.17) is 0 Å². The maximum atomic E-state index is 13.1. The van der Waals surface area contributed by atoms with E-state index in [1.807, 2.05) is 12.1 Å². The van der Waals surface area contributed by atoms with Gasteiger partial charge in [0.05, 0.1) is 4.47 Å². The lowest BCUT2D eigenvalue weighted by Crippen LogP contribution is -2.33. The van der Waals surface area contributed by atoms with E-state index in [0.29, 0.717) is 16.4 Å². The Bertz CT molecular complexity index is 367. The van der Waals surface area contributed by atoms with E-state index >= 15 is 0 Å². The minimum Gasteiger partial charge on any atom is -0.307 e. The number of rotatable bonds is 5. The Morgan fingerprint density at radius 1 is 1.29 bits per heavy atom. The molecule has 1 rings (SSSR count). The van der Waals surface area contributed by atoms with Crippen LogP contribution in [0.15, 0.2) is 22.7 Å². The zero-order chi connectivity index (χ0) is 13.0. The Labute approximate surface area is 112 Å². The van der Waals surface area contributed by atoms with Gasteiger partial charge in [0, 0.05) is 12.1 Å². The van der Waals surface area contributed by atoms with Crippen LogP contribution in [0.3, 0.4) is 0 Å². The number of nitrogens with one attached hydrogen (secondary N) is 1. The summed E-state index contributed by atoms with van der Waals surface area (Å²) >= 11 is 3.22. The van der Waals surface area contributed by atoms with Gasteiger partial charge in [-0.3, -0.25) is 0 Å². The zero-order valence-corrected chi connectivity index (χ0v) is 12.5. The van der Waals surface area contributed by atoms with Crippen molar-refractivity contribution < 1.29 is 4.39 Å². The summed E-state index contributed by atoms with van der Waals surface area (Å²) in [7, 11) is 0. The first-order valence-corrected chi connectivity index (χ1v) is 6.96. The summed E-state index contributed by atoms with van der Waals surface area (Å²) in [5.74, 6) is 0.428. The summed E-state index contributed by atoms with van der Waals surface area (Å²) in [4.78, 5) is 0. The molecule has 96 valence electrons. The molecule has 3 heteroatoms. The summed E-state index contributed by atoms with van der Waals surface area (Å²) in [6, 6.07) is 5.87. The fourth-order valence-electron chi connectivity index (χ4n) is 1.79. The average molecular weight is 302 g/mol. The molecule has 0 aliphatic carbocycles. The zero-order valence-electron chi connectivity index (χ0n) is 10.9. The second-order valence-electron chi connectivity index (χ2n) is 4.74. The molecule has 0 saturated heterocycles. The Balaban J connectivity index is 2.69. The lowest BCUT2D eigenvalue weighted by molar-refractivity contribution is 0.360. The average Bonchev–Trinajstić information content (AvgIpc) is 2.31. The van der Waals surface area contributed by atoms with Crippen molar-refractivity contribution in [3.63, 3.8) is 0 Å². The molecule has 0 amide bonds. The highest BCUT2D eigenvalue weighted by molar-refractivity contribution is 9.10. The van der Waals surface area contributed by atoms with Crippen LogP contribution in [0.25, 0.3) is 0 Å². The standard InChI is InChI=1S/C14H21BrFN/c1-5-9(2)10(3)17-11(4)12-6-7-14(16)13(15)8-12/h6-11,17H,5H2,1-4H3. The van der Waals surface area contributed by atoms with Gasteiger partial charge in [-0.15, -0.1) is 0 Å². The highest BCUT2D eigenvalue weighted by Crippen LogP contribution is 2.22. The first kappa shape index (κ1) is 14.7. The molecule has 3 atom stereocenters. The monoisotopic (exact) mass is 301 g/mol. The third-order valence-electron chi connectivity index (χ3n) is 3.45. The molecule has 0 fully saturated rings. The van der Waals surface area contributed by atoms with Crippen LogP contribution in [-0.4, -0.2) is 6.04 Å². The van der Waals surface area contributed by atoms with Crippen LogP contribution in [0.2, 0.25) is 0 Å². The van der Waals surface area contributed by atoms with Gasteiger partial charge in [-0.2, -0.15) is 0 Å². The topological polar surface area (TPSA) is 12.0 Å². The van der Waals surface area contributed by atoms with Crippen LogP contribution < -0.4 is 5.32 Å². The summed E-state index contributed by atoms with van der Waals surface area (Å²) in [5, 5.41) is 3.55. The van der Waals surface area contributed by atoms with E-state index in [1.165, 1.54) is 6.07 Å². The molecule has 17 heavy (non-hydrogen) atoms. The van der Waals surface area contributed by atoms with Crippen molar-refractivity contribution in [2.45, 2.75) is 46.2 Å². The van der Waals surface area contributed by atoms with Crippen molar-refractivity contribution in [3.05, 3.63) is 34.1 Å². The van der Waals surface area contributed by atoms with E-state index in [-0.39, 0.29) is 11.9 Å². The van der Waals surface area contributed by atoms with Gasteiger partial charge >= 0.3 is 0 Å². The predicted molar refractivity (Wildman–Crippen MR) is 74.6 cm³/mol. The molecule has 0 radical (unpaired) electrons. The van der Waals surface area contributed by atoms with Gasteiger partial charge in [0.1, 0.15) is 5.82 Å². The second-order valence-corrected chi connectivity index (χ2v) is 5.59. The maximum Gasteiger partial charge on any atom is 0.137 e. The van der Waals surface area contributed by atoms with Crippen LogP contribution in [0.5, 0.6) is 0 Å². The van der Waals surface area contributed by atoms with Crippen LogP contribution in [0.1, 0.15) is 45.7 Å². The largest absolute Gasteiger partial charge is 0.307 e. The van der Waals surface area contributed by atoms with Crippen molar-refractivity contribution >= 4 is 15.9 Å². The minimum atomic E-state index is -0.212. The normalized spacial score (nSPS) is 16.6. The van der Waals surface area contributed by atoms with Crippen molar-refractivity contribution in [2.75, 3.05) is 0 Å². The highest BCUT2D eigenvalue weighted by Gasteiger charge is 2.14. The molecular weight excluding hydrogens is 281 g/mol. The maximum absolute atomic E-state index is 13.1. The molecule has 0 aromatic heterocycles. The summed E-state index contributed by atoms with van der Waals surface area (Å²) < 4.78 is 13.7. The predicted octanol–water partition coefficient (Wildman–Crippen LogP) is 4.67.